The molecule has 1 saturated carbocycles. The van der Waals surface area contributed by atoms with Crippen molar-refractivity contribution in [2.45, 2.75) is 44.7 Å². The average Bonchev–Trinajstić information content (AvgIpc) is 1.88. The minimum absolute atomic E-state index is 0.934. The first kappa shape index (κ1) is 7.54. The number of hydrogen-bond donors (Lipinski definition) is 0. The summed E-state index contributed by atoms with van der Waals surface area (Å²) in [5, 5.41) is 0. The van der Waals surface area contributed by atoms with E-state index in [1.807, 2.05) is 0 Å². The molecule has 1 heteroatoms. The van der Waals surface area contributed by atoms with E-state index < -0.39 is 0 Å². The van der Waals surface area contributed by atoms with Gasteiger partial charge in [-0.1, -0.05) is 26.2 Å². The van der Waals surface area contributed by atoms with Crippen LogP contribution in [0.1, 0.15) is 39.0 Å². The highest BCUT2D eigenvalue weighted by atomic mass is 31.0. The van der Waals surface area contributed by atoms with E-state index in [0.717, 1.165) is 11.6 Å². The summed E-state index contributed by atoms with van der Waals surface area (Å²) in [5.41, 5.74) is 0.934. The van der Waals surface area contributed by atoms with Crippen molar-refractivity contribution in [3.05, 3.63) is 0 Å². The zero-order chi connectivity index (χ0) is 6.69. The lowest BCUT2D eigenvalue weighted by atomic mass is 9.87. The maximum absolute atomic E-state index is 2.96. The number of rotatable bonds is 1. The van der Waals surface area contributed by atoms with Gasteiger partial charge in [0.05, 0.1) is 0 Å². The Hall–Kier alpha value is 0.430. The molecule has 0 spiro atoms. The van der Waals surface area contributed by atoms with E-state index >= 15 is 0 Å². The SMILES string of the molecule is CCC1CCCC(P)C1. The van der Waals surface area contributed by atoms with Crippen LogP contribution in [0.25, 0.3) is 0 Å². The van der Waals surface area contributed by atoms with Crippen molar-refractivity contribution in [2.75, 3.05) is 0 Å². The van der Waals surface area contributed by atoms with Crippen LogP contribution in [-0.2, 0) is 0 Å². The Morgan fingerprint density at radius 2 is 2.22 bits per heavy atom. The van der Waals surface area contributed by atoms with Gasteiger partial charge in [0, 0.05) is 0 Å². The van der Waals surface area contributed by atoms with Gasteiger partial charge in [0.1, 0.15) is 0 Å². The van der Waals surface area contributed by atoms with Gasteiger partial charge in [-0.25, -0.2) is 0 Å². The molecule has 0 N–H and O–H groups in total. The van der Waals surface area contributed by atoms with Crippen LogP contribution in [0.3, 0.4) is 0 Å². The van der Waals surface area contributed by atoms with Gasteiger partial charge in [0.25, 0.3) is 0 Å². The summed E-state index contributed by atoms with van der Waals surface area (Å²) < 4.78 is 0. The first-order valence-corrected chi connectivity index (χ1v) is 4.75. The molecule has 1 aliphatic rings. The van der Waals surface area contributed by atoms with Gasteiger partial charge < -0.3 is 0 Å². The summed E-state index contributed by atoms with van der Waals surface area (Å²) in [6, 6.07) is 0. The minimum atomic E-state index is 0.934. The van der Waals surface area contributed by atoms with Crippen LogP contribution in [0.2, 0.25) is 0 Å². The fourth-order valence-corrected chi connectivity index (χ4v) is 2.32. The van der Waals surface area contributed by atoms with Gasteiger partial charge in [0.2, 0.25) is 0 Å². The van der Waals surface area contributed by atoms with E-state index in [1.54, 1.807) is 0 Å². The summed E-state index contributed by atoms with van der Waals surface area (Å²) in [5.74, 6) is 1.04. The summed E-state index contributed by atoms with van der Waals surface area (Å²) >= 11 is 0. The lowest BCUT2D eigenvalue weighted by Gasteiger charge is -2.25. The maximum atomic E-state index is 2.96. The third-order valence-corrected chi connectivity index (χ3v) is 3.01. The zero-order valence-corrected chi connectivity index (χ0v) is 7.42. The van der Waals surface area contributed by atoms with Crippen molar-refractivity contribution in [3.8, 4) is 0 Å². The lowest BCUT2D eigenvalue weighted by molar-refractivity contribution is 0.357. The van der Waals surface area contributed by atoms with Crippen molar-refractivity contribution < 1.29 is 0 Å². The third-order valence-electron chi connectivity index (χ3n) is 2.40. The minimum Gasteiger partial charge on any atom is -0.134 e. The smallest absolute Gasteiger partial charge is 0.0262 e. The van der Waals surface area contributed by atoms with E-state index in [9.17, 15) is 0 Å². The second-order valence-electron chi connectivity index (χ2n) is 3.20. The molecule has 0 aromatic carbocycles. The Balaban J connectivity index is 2.23. The predicted octanol–water partition coefficient (Wildman–Crippen LogP) is 2.83. The Kier molecular flexibility index (Phi) is 2.98. The molecule has 1 rings (SSSR count). The van der Waals surface area contributed by atoms with Crippen molar-refractivity contribution in [2.24, 2.45) is 5.92 Å². The first-order valence-electron chi connectivity index (χ1n) is 4.08. The Morgan fingerprint density at radius 1 is 1.44 bits per heavy atom. The molecular weight excluding hydrogens is 127 g/mol. The predicted molar refractivity (Wildman–Crippen MR) is 45.7 cm³/mol. The quantitative estimate of drug-likeness (QED) is 0.496. The van der Waals surface area contributed by atoms with Crippen LogP contribution in [0.5, 0.6) is 0 Å². The molecular formula is C8H17P. The molecule has 0 heterocycles. The van der Waals surface area contributed by atoms with Gasteiger partial charge in [-0.05, 0) is 24.4 Å². The summed E-state index contributed by atoms with van der Waals surface area (Å²) in [4.78, 5) is 0. The van der Waals surface area contributed by atoms with E-state index in [2.05, 4.69) is 16.2 Å². The molecule has 0 radical (unpaired) electrons. The second-order valence-corrected chi connectivity index (χ2v) is 4.14. The molecule has 0 aromatic rings. The maximum Gasteiger partial charge on any atom is -0.0262 e. The van der Waals surface area contributed by atoms with Crippen LogP contribution in [-0.4, -0.2) is 5.66 Å². The fourth-order valence-electron chi connectivity index (χ4n) is 1.70. The van der Waals surface area contributed by atoms with Gasteiger partial charge in [-0.15, -0.1) is 9.24 Å². The van der Waals surface area contributed by atoms with Crippen molar-refractivity contribution in [1.29, 1.82) is 0 Å². The van der Waals surface area contributed by atoms with Crippen LogP contribution in [0.15, 0.2) is 0 Å². The van der Waals surface area contributed by atoms with E-state index in [0.29, 0.717) is 0 Å². The van der Waals surface area contributed by atoms with Crippen molar-refractivity contribution in [3.63, 3.8) is 0 Å². The standard InChI is InChI=1S/C8H17P/c1-2-7-4-3-5-8(9)6-7/h7-8H,2-6,9H2,1H3. The largest absolute Gasteiger partial charge is 0.134 e. The summed E-state index contributed by atoms with van der Waals surface area (Å²) in [7, 11) is 2.96. The summed E-state index contributed by atoms with van der Waals surface area (Å²) in [6.45, 7) is 2.31. The highest BCUT2D eigenvalue weighted by Crippen LogP contribution is 2.30. The van der Waals surface area contributed by atoms with E-state index in [-0.39, 0.29) is 0 Å². The average molecular weight is 144 g/mol. The fraction of sp³-hybridized carbons (Fsp3) is 1.00. The Labute approximate surface area is 60.6 Å². The molecule has 1 aliphatic carbocycles. The van der Waals surface area contributed by atoms with Crippen LogP contribution in [0, 0.1) is 5.92 Å². The molecule has 1 fully saturated rings. The lowest BCUT2D eigenvalue weighted by Crippen LogP contribution is -2.13. The highest BCUT2D eigenvalue weighted by molar-refractivity contribution is 7.17. The molecule has 54 valence electrons. The highest BCUT2D eigenvalue weighted by Gasteiger charge is 2.16. The third kappa shape index (κ3) is 2.26. The van der Waals surface area contributed by atoms with Crippen LogP contribution < -0.4 is 0 Å². The normalized spacial score (nSPS) is 36.7. The van der Waals surface area contributed by atoms with Gasteiger partial charge in [0.15, 0.2) is 0 Å². The van der Waals surface area contributed by atoms with E-state index in [1.165, 1.54) is 32.1 Å². The topological polar surface area (TPSA) is 0 Å². The molecule has 0 bridgehead atoms. The molecule has 9 heavy (non-hydrogen) atoms. The Bertz CT molecular complexity index is 80.6. The van der Waals surface area contributed by atoms with Gasteiger partial charge >= 0.3 is 0 Å². The Morgan fingerprint density at radius 3 is 2.67 bits per heavy atom. The summed E-state index contributed by atoms with van der Waals surface area (Å²) in [6.07, 6.45) is 7.25. The monoisotopic (exact) mass is 144 g/mol. The van der Waals surface area contributed by atoms with Crippen LogP contribution in [0.4, 0.5) is 0 Å². The van der Waals surface area contributed by atoms with Crippen molar-refractivity contribution in [1.82, 2.24) is 0 Å². The molecule has 0 aliphatic heterocycles. The molecule has 0 aromatic heterocycles. The molecule has 3 atom stereocenters. The molecule has 0 saturated heterocycles. The zero-order valence-electron chi connectivity index (χ0n) is 6.27. The second kappa shape index (κ2) is 3.56. The van der Waals surface area contributed by atoms with Gasteiger partial charge in [-0.3, -0.25) is 0 Å². The van der Waals surface area contributed by atoms with Crippen molar-refractivity contribution >= 4 is 9.24 Å². The molecule has 0 nitrogen and oxygen atoms in total. The number of hydrogen-bond acceptors (Lipinski definition) is 0. The first-order chi connectivity index (χ1) is 4.33. The van der Waals surface area contributed by atoms with Crippen LogP contribution >= 0.6 is 9.24 Å². The molecule has 3 unspecified atom stereocenters. The molecule has 0 amide bonds. The van der Waals surface area contributed by atoms with E-state index in [4.69, 9.17) is 0 Å². The van der Waals surface area contributed by atoms with Gasteiger partial charge in [-0.2, -0.15) is 0 Å².